The summed E-state index contributed by atoms with van der Waals surface area (Å²) in [7, 11) is 0. The Bertz CT molecular complexity index is 1700. The van der Waals surface area contributed by atoms with E-state index in [0.717, 1.165) is 27.0 Å². The van der Waals surface area contributed by atoms with Gasteiger partial charge in [0.15, 0.2) is 5.71 Å². The molecule has 0 saturated carbocycles. The van der Waals surface area contributed by atoms with Gasteiger partial charge in [0.25, 0.3) is 0 Å². The Morgan fingerprint density at radius 2 is 1.69 bits per heavy atom. The molecule has 0 aliphatic carbocycles. The molecular formula is C26H15N7OS2. The third-order valence-corrected chi connectivity index (χ3v) is 7.13. The molecule has 0 saturated heterocycles. The highest BCUT2D eigenvalue weighted by Crippen LogP contribution is 2.31. The Hall–Kier alpha value is -4.72. The number of nitrogens with one attached hydrogen (secondary N) is 1. The van der Waals surface area contributed by atoms with Gasteiger partial charge in [0.1, 0.15) is 5.71 Å². The second-order valence-electron chi connectivity index (χ2n) is 7.70. The minimum Gasteiger partial charge on any atom is -0.265 e. The summed E-state index contributed by atoms with van der Waals surface area (Å²) in [6.45, 7) is 0. The van der Waals surface area contributed by atoms with Gasteiger partial charge in [-0.3, -0.25) is 10.2 Å². The summed E-state index contributed by atoms with van der Waals surface area (Å²) >= 11 is 2.69. The number of hydrogen-bond donors (Lipinski definition) is 1. The summed E-state index contributed by atoms with van der Waals surface area (Å²) in [6, 6.07) is 26.6. The van der Waals surface area contributed by atoms with E-state index in [0.29, 0.717) is 21.5 Å². The highest BCUT2D eigenvalue weighted by Gasteiger charge is 2.35. The molecule has 2 aromatic heterocycles. The second-order valence-corrected chi connectivity index (χ2v) is 9.57. The minimum atomic E-state index is -0.386. The Kier molecular flexibility index (Phi) is 5.53. The molecule has 10 heteroatoms. The van der Waals surface area contributed by atoms with Gasteiger partial charge in [-0.05, 0) is 18.2 Å². The monoisotopic (exact) mass is 505 g/mol. The summed E-state index contributed by atoms with van der Waals surface area (Å²) in [4.78, 5) is 22.6. The van der Waals surface area contributed by atoms with Gasteiger partial charge < -0.3 is 0 Å². The molecule has 1 amide bonds. The van der Waals surface area contributed by atoms with Gasteiger partial charge in [0, 0.05) is 16.5 Å². The van der Waals surface area contributed by atoms with E-state index in [1.807, 2.05) is 66.0 Å². The zero-order valence-corrected chi connectivity index (χ0v) is 20.1. The summed E-state index contributed by atoms with van der Waals surface area (Å²) in [6.07, 6.45) is 0. The van der Waals surface area contributed by atoms with Crippen molar-refractivity contribution in [3.05, 3.63) is 95.4 Å². The Morgan fingerprint density at radius 3 is 2.44 bits per heavy atom. The smallest absolute Gasteiger partial charge is 0.265 e. The lowest BCUT2D eigenvalue weighted by Crippen LogP contribution is -2.28. The summed E-state index contributed by atoms with van der Waals surface area (Å²) < 4.78 is 0.851. The van der Waals surface area contributed by atoms with Crippen LogP contribution >= 0.6 is 22.7 Å². The van der Waals surface area contributed by atoms with E-state index in [4.69, 9.17) is 5.26 Å². The number of carbonyl (C=O) groups excluding carboxylic acids is 1. The van der Waals surface area contributed by atoms with E-state index in [1.54, 1.807) is 18.2 Å². The number of benzene rings is 3. The predicted molar refractivity (Wildman–Crippen MR) is 143 cm³/mol. The predicted octanol–water partition coefficient (Wildman–Crippen LogP) is 5.51. The van der Waals surface area contributed by atoms with Crippen LogP contribution in [0.15, 0.2) is 94.4 Å². The highest BCUT2D eigenvalue weighted by molar-refractivity contribution is 7.22. The van der Waals surface area contributed by atoms with Crippen molar-refractivity contribution in [3.63, 3.8) is 0 Å². The lowest BCUT2D eigenvalue weighted by Gasteiger charge is -2.06. The normalized spacial score (nSPS) is 14.3. The Morgan fingerprint density at radius 1 is 0.944 bits per heavy atom. The minimum absolute atomic E-state index is 0.162. The molecule has 0 unspecified atom stereocenters. The maximum Gasteiger partial charge on any atom is 0.303 e. The number of fused-ring (bicyclic) bond motifs is 1. The van der Waals surface area contributed by atoms with E-state index in [2.05, 4.69) is 31.7 Å². The Labute approximate surface area is 213 Å². The summed E-state index contributed by atoms with van der Waals surface area (Å²) in [5.41, 5.74) is 7.32. The van der Waals surface area contributed by atoms with Crippen molar-refractivity contribution in [2.75, 3.05) is 10.4 Å². The number of rotatable bonds is 5. The zero-order chi connectivity index (χ0) is 24.5. The second kappa shape index (κ2) is 9.14. The first kappa shape index (κ1) is 21.8. The molecule has 36 heavy (non-hydrogen) atoms. The highest BCUT2D eigenvalue weighted by atomic mass is 32.1. The summed E-state index contributed by atoms with van der Waals surface area (Å²) in [5.74, 6) is -0.386. The fourth-order valence-electron chi connectivity index (χ4n) is 3.66. The topological polar surface area (TPSA) is 107 Å². The van der Waals surface area contributed by atoms with Crippen molar-refractivity contribution in [3.8, 4) is 17.3 Å². The third kappa shape index (κ3) is 4.02. The van der Waals surface area contributed by atoms with Crippen LogP contribution in [0.4, 0.5) is 10.3 Å². The number of nitrogens with zero attached hydrogens (tertiary/aromatic N) is 6. The third-order valence-electron chi connectivity index (χ3n) is 5.39. The van der Waals surface area contributed by atoms with Gasteiger partial charge in [0.05, 0.1) is 27.5 Å². The molecular weight excluding hydrogens is 490 g/mol. The van der Waals surface area contributed by atoms with Crippen LogP contribution in [-0.4, -0.2) is 27.3 Å². The van der Waals surface area contributed by atoms with Crippen LogP contribution in [0.5, 0.6) is 0 Å². The zero-order valence-electron chi connectivity index (χ0n) is 18.5. The van der Waals surface area contributed by atoms with E-state index >= 15 is 0 Å². The van der Waals surface area contributed by atoms with Gasteiger partial charge in [-0.1, -0.05) is 72.0 Å². The van der Waals surface area contributed by atoms with Crippen LogP contribution in [0, 0.1) is 11.3 Å². The first-order chi connectivity index (χ1) is 17.7. The van der Waals surface area contributed by atoms with E-state index in [-0.39, 0.29) is 11.6 Å². The largest absolute Gasteiger partial charge is 0.303 e. The van der Waals surface area contributed by atoms with Gasteiger partial charge in [-0.25, -0.2) is 9.97 Å². The number of nitriles is 1. The lowest BCUT2D eigenvalue weighted by atomic mass is 10.1. The van der Waals surface area contributed by atoms with Crippen LogP contribution in [0.3, 0.4) is 0 Å². The van der Waals surface area contributed by atoms with E-state index < -0.39 is 0 Å². The Balaban J connectivity index is 1.35. The van der Waals surface area contributed by atoms with Gasteiger partial charge in [-0.2, -0.15) is 20.5 Å². The maximum atomic E-state index is 13.5. The number of thiazole rings is 2. The number of anilines is 2. The van der Waals surface area contributed by atoms with Crippen molar-refractivity contribution in [2.45, 2.75) is 0 Å². The molecule has 3 heterocycles. The quantitative estimate of drug-likeness (QED) is 0.317. The first-order valence-electron chi connectivity index (χ1n) is 10.8. The van der Waals surface area contributed by atoms with Gasteiger partial charge >= 0.3 is 5.91 Å². The molecule has 0 atom stereocenters. The number of hydrazone groups is 2. The van der Waals surface area contributed by atoms with Crippen LogP contribution < -0.4 is 10.4 Å². The number of amides is 1. The average molecular weight is 506 g/mol. The number of hydrogen-bond acceptors (Lipinski definition) is 9. The van der Waals surface area contributed by atoms with Crippen LogP contribution in [0.1, 0.15) is 11.1 Å². The molecule has 0 bridgehead atoms. The summed E-state index contributed by atoms with van der Waals surface area (Å²) in [5, 5.41) is 22.3. The standard InChI is InChI=1S/C26H15N7OS2/c27-14-16-11-12-19-21(13-16)36-25(28-19)31-30-23-22(18-9-5-2-6-10-18)32-33(24(23)34)26-29-20(15-35-26)17-7-3-1-4-8-17/h1-13,15H,(H,28,31)/b30-23-. The van der Waals surface area contributed by atoms with Crippen molar-refractivity contribution < 1.29 is 4.79 Å². The molecule has 5 aromatic rings. The van der Waals surface area contributed by atoms with Crippen LogP contribution in [0.25, 0.3) is 21.5 Å². The fourth-order valence-corrected chi connectivity index (χ4v) is 5.29. The van der Waals surface area contributed by atoms with Crippen molar-refractivity contribution >= 4 is 60.5 Å². The molecule has 6 rings (SSSR count). The molecule has 0 radical (unpaired) electrons. The van der Waals surface area contributed by atoms with Crippen molar-refractivity contribution in [1.82, 2.24) is 9.97 Å². The fraction of sp³-hybridized carbons (Fsp3) is 0. The van der Waals surface area contributed by atoms with Crippen molar-refractivity contribution in [2.24, 2.45) is 10.2 Å². The maximum absolute atomic E-state index is 13.5. The molecule has 1 aliphatic rings. The van der Waals surface area contributed by atoms with E-state index in [9.17, 15) is 4.79 Å². The number of aromatic nitrogens is 2. The molecule has 3 aromatic carbocycles. The van der Waals surface area contributed by atoms with Crippen molar-refractivity contribution in [1.29, 1.82) is 5.26 Å². The molecule has 1 N–H and O–H groups in total. The molecule has 8 nitrogen and oxygen atoms in total. The SMILES string of the molecule is N#Cc1ccc2nc(N/N=C3\C(=O)N(c4nc(-c5ccccc5)cs4)N=C3c3ccccc3)sc2c1. The van der Waals surface area contributed by atoms with Crippen LogP contribution in [-0.2, 0) is 4.79 Å². The first-order valence-corrected chi connectivity index (χ1v) is 12.5. The van der Waals surface area contributed by atoms with Crippen LogP contribution in [0.2, 0.25) is 0 Å². The number of carbonyl (C=O) groups is 1. The molecule has 172 valence electrons. The average Bonchev–Trinajstić information content (AvgIpc) is 3.65. The van der Waals surface area contributed by atoms with E-state index in [1.165, 1.54) is 27.7 Å². The lowest BCUT2D eigenvalue weighted by molar-refractivity contribution is -0.112. The van der Waals surface area contributed by atoms with Gasteiger partial charge in [-0.15, -0.1) is 11.3 Å². The van der Waals surface area contributed by atoms with Gasteiger partial charge in [0.2, 0.25) is 10.3 Å². The molecule has 0 fully saturated rings. The molecule has 1 aliphatic heterocycles. The molecule has 0 spiro atoms.